The van der Waals surface area contributed by atoms with Crippen molar-refractivity contribution in [2.75, 3.05) is 20.3 Å². The Balaban J connectivity index is 1.37. The minimum absolute atomic E-state index is 0.0438. The zero-order valence-corrected chi connectivity index (χ0v) is 19.4. The highest BCUT2D eigenvalue weighted by atomic mass is 16.5. The van der Waals surface area contributed by atoms with Gasteiger partial charge in [-0.15, -0.1) is 0 Å². The molecule has 0 saturated carbocycles. The quantitative estimate of drug-likeness (QED) is 0.386. The summed E-state index contributed by atoms with van der Waals surface area (Å²) in [4.78, 5) is 17.6. The van der Waals surface area contributed by atoms with Crippen LogP contribution in [0.5, 0.6) is 5.88 Å². The van der Waals surface area contributed by atoms with Crippen molar-refractivity contribution in [3.05, 3.63) is 82.8 Å². The van der Waals surface area contributed by atoms with Gasteiger partial charge in [-0.25, -0.2) is 9.67 Å². The number of pyridine rings is 1. The Morgan fingerprint density at radius 1 is 1.00 bits per heavy atom. The number of methoxy groups -OCH3 is 1. The number of fused-ring (bicyclic) bond motifs is 3. The van der Waals surface area contributed by atoms with Crippen LogP contribution in [0.25, 0.3) is 33.4 Å². The van der Waals surface area contributed by atoms with Gasteiger partial charge in [0.25, 0.3) is 5.56 Å². The van der Waals surface area contributed by atoms with E-state index in [1.165, 1.54) is 0 Å². The van der Waals surface area contributed by atoms with Gasteiger partial charge in [0.15, 0.2) is 5.69 Å². The van der Waals surface area contributed by atoms with Crippen LogP contribution in [0.15, 0.2) is 71.7 Å². The maximum atomic E-state index is 13.3. The van der Waals surface area contributed by atoms with Crippen molar-refractivity contribution in [3.63, 3.8) is 0 Å². The second kappa shape index (κ2) is 8.96. The first kappa shape index (κ1) is 21.5. The molecule has 1 saturated heterocycles. The van der Waals surface area contributed by atoms with E-state index in [0.29, 0.717) is 30.4 Å². The molecule has 0 amide bonds. The van der Waals surface area contributed by atoms with E-state index < -0.39 is 0 Å². The summed E-state index contributed by atoms with van der Waals surface area (Å²) in [7, 11) is 1.61. The molecule has 1 aromatic heterocycles. The Morgan fingerprint density at radius 3 is 2.57 bits per heavy atom. The van der Waals surface area contributed by atoms with E-state index in [1.54, 1.807) is 18.0 Å². The van der Waals surface area contributed by atoms with Crippen molar-refractivity contribution in [1.82, 2.24) is 24.5 Å². The zero-order valence-electron chi connectivity index (χ0n) is 19.4. The van der Waals surface area contributed by atoms with Crippen molar-refractivity contribution >= 4 is 10.9 Å². The van der Waals surface area contributed by atoms with Gasteiger partial charge in [-0.1, -0.05) is 42.5 Å². The average Bonchev–Trinajstić information content (AvgIpc) is 3.26. The van der Waals surface area contributed by atoms with Crippen LogP contribution >= 0.6 is 0 Å². The maximum absolute atomic E-state index is 13.3. The highest BCUT2D eigenvalue weighted by Crippen LogP contribution is 2.28. The normalized spacial score (nSPS) is 16.1. The highest BCUT2D eigenvalue weighted by Gasteiger charge is 2.26. The Hall–Kier alpha value is -4.04. The Kier molecular flexibility index (Phi) is 5.50. The summed E-state index contributed by atoms with van der Waals surface area (Å²) in [5.41, 5.74) is 5.00. The fourth-order valence-electron chi connectivity index (χ4n) is 4.69. The molecule has 0 radical (unpaired) electrons. The number of hydrogen-bond acceptors (Lipinski definition) is 6. The summed E-state index contributed by atoms with van der Waals surface area (Å²) in [6.45, 7) is 1.78. The molecule has 1 unspecified atom stereocenters. The van der Waals surface area contributed by atoms with Gasteiger partial charge in [-0.3, -0.25) is 9.48 Å². The molecule has 3 aromatic rings. The molecule has 6 rings (SSSR count). The molecular formula is C27H25N5O3. The number of benzene rings is 2. The molecule has 3 aliphatic heterocycles. The number of ether oxygens (including phenoxy) is 2. The molecule has 1 atom stereocenters. The van der Waals surface area contributed by atoms with E-state index in [4.69, 9.17) is 19.7 Å². The molecular weight excluding hydrogens is 442 g/mol. The fraction of sp³-hybridized carbons (Fsp3) is 0.259. The van der Waals surface area contributed by atoms with Crippen LogP contribution in [-0.4, -0.2) is 44.9 Å². The van der Waals surface area contributed by atoms with E-state index in [9.17, 15) is 4.79 Å². The van der Waals surface area contributed by atoms with Crippen LogP contribution < -0.4 is 10.3 Å². The van der Waals surface area contributed by atoms with E-state index in [-0.39, 0.29) is 11.6 Å². The second-order valence-corrected chi connectivity index (χ2v) is 8.78. The SMILES string of the molecule is COc1ccc(-c2ccc(Cn3nc4c(=O)n(C5CCCOC5)nc-4c4ccccc43)cc2)cn1. The molecule has 3 aliphatic rings. The molecule has 0 spiro atoms. The molecule has 8 nitrogen and oxygen atoms in total. The van der Waals surface area contributed by atoms with Crippen LogP contribution in [0.3, 0.4) is 0 Å². The molecule has 35 heavy (non-hydrogen) atoms. The summed E-state index contributed by atoms with van der Waals surface area (Å²) in [6.07, 6.45) is 3.62. The first-order chi connectivity index (χ1) is 17.2. The lowest BCUT2D eigenvalue weighted by Crippen LogP contribution is -2.29. The summed E-state index contributed by atoms with van der Waals surface area (Å²) in [5.74, 6) is 0.590. The molecule has 0 bridgehead atoms. The zero-order chi connectivity index (χ0) is 23.8. The summed E-state index contributed by atoms with van der Waals surface area (Å²) in [6, 6.07) is 20.1. The van der Waals surface area contributed by atoms with Crippen LogP contribution in [0.2, 0.25) is 0 Å². The van der Waals surface area contributed by atoms with E-state index >= 15 is 0 Å². The lowest BCUT2D eigenvalue weighted by molar-refractivity contribution is 0.0540. The van der Waals surface area contributed by atoms with Crippen LogP contribution in [0.4, 0.5) is 0 Å². The van der Waals surface area contributed by atoms with Crippen molar-refractivity contribution in [1.29, 1.82) is 0 Å². The lowest BCUT2D eigenvalue weighted by Gasteiger charge is -2.21. The first-order valence-electron chi connectivity index (χ1n) is 11.8. The topological polar surface area (TPSA) is 84.1 Å². The van der Waals surface area contributed by atoms with E-state index in [2.05, 4.69) is 29.2 Å². The number of para-hydroxylation sites is 1. The van der Waals surface area contributed by atoms with Gasteiger partial charge in [0.05, 0.1) is 31.8 Å². The van der Waals surface area contributed by atoms with Crippen LogP contribution in [0.1, 0.15) is 24.4 Å². The van der Waals surface area contributed by atoms with Crippen LogP contribution in [0, 0.1) is 0 Å². The van der Waals surface area contributed by atoms with Gasteiger partial charge in [-0.2, -0.15) is 10.2 Å². The second-order valence-electron chi connectivity index (χ2n) is 8.78. The van der Waals surface area contributed by atoms with Gasteiger partial charge >= 0.3 is 0 Å². The Morgan fingerprint density at radius 2 is 1.83 bits per heavy atom. The van der Waals surface area contributed by atoms with Gasteiger partial charge in [0, 0.05) is 29.8 Å². The molecule has 0 aliphatic carbocycles. The maximum Gasteiger partial charge on any atom is 0.297 e. The number of nitrogens with zero attached hydrogens (tertiary/aromatic N) is 5. The Labute approximate surface area is 202 Å². The van der Waals surface area contributed by atoms with Gasteiger partial charge in [0.1, 0.15) is 5.69 Å². The third-order valence-electron chi connectivity index (χ3n) is 6.55. The smallest absolute Gasteiger partial charge is 0.297 e. The summed E-state index contributed by atoms with van der Waals surface area (Å²) < 4.78 is 14.2. The third kappa shape index (κ3) is 3.95. The monoisotopic (exact) mass is 467 g/mol. The highest BCUT2D eigenvalue weighted by molar-refractivity contribution is 5.92. The largest absolute Gasteiger partial charge is 0.481 e. The molecule has 2 aromatic carbocycles. The van der Waals surface area contributed by atoms with Crippen molar-refractivity contribution in [2.24, 2.45) is 0 Å². The molecule has 1 fully saturated rings. The van der Waals surface area contributed by atoms with Gasteiger partial charge in [0.2, 0.25) is 5.88 Å². The summed E-state index contributed by atoms with van der Waals surface area (Å²) >= 11 is 0. The minimum atomic E-state index is -0.155. The van der Waals surface area contributed by atoms with Crippen molar-refractivity contribution in [2.45, 2.75) is 25.4 Å². The van der Waals surface area contributed by atoms with E-state index in [1.807, 2.05) is 41.1 Å². The number of rotatable bonds is 5. The molecule has 176 valence electrons. The lowest BCUT2D eigenvalue weighted by atomic mass is 10.1. The average molecular weight is 468 g/mol. The Bertz CT molecular complexity index is 1500. The van der Waals surface area contributed by atoms with Crippen molar-refractivity contribution < 1.29 is 9.47 Å². The van der Waals surface area contributed by atoms with Crippen LogP contribution in [-0.2, 0) is 11.3 Å². The van der Waals surface area contributed by atoms with Crippen molar-refractivity contribution in [3.8, 4) is 28.4 Å². The van der Waals surface area contributed by atoms with E-state index in [0.717, 1.165) is 47.0 Å². The third-order valence-corrected chi connectivity index (χ3v) is 6.55. The standard InChI is InChI=1S/C27H25N5O3/c1-34-24-13-12-20(15-28-24)19-10-8-18(9-11-19)16-31-23-7-3-2-6-22(23)25-26(29-31)27(33)32(30-25)21-5-4-14-35-17-21/h2-3,6-13,15,21H,4-5,14,16-17H2,1H3. The minimum Gasteiger partial charge on any atom is -0.481 e. The molecule has 0 N–H and O–H groups in total. The fourth-order valence-corrected chi connectivity index (χ4v) is 4.69. The first-order valence-corrected chi connectivity index (χ1v) is 11.8. The number of aromatic nitrogens is 5. The van der Waals surface area contributed by atoms with Gasteiger partial charge in [-0.05, 0) is 36.1 Å². The van der Waals surface area contributed by atoms with Gasteiger partial charge < -0.3 is 9.47 Å². The number of hydrogen-bond donors (Lipinski definition) is 0. The summed E-state index contributed by atoms with van der Waals surface area (Å²) in [5, 5.41) is 10.4. The predicted molar refractivity (Wildman–Crippen MR) is 133 cm³/mol. The predicted octanol–water partition coefficient (Wildman–Crippen LogP) is 4.17. The molecule has 8 heteroatoms. The molecule has 4 heterocycles.